The number of aryl methyl sites for hydroxylation is 1. The van der Waals surface area contributed by atoms with Crippen molar-refractivity contribution in [3.63, 3.8) is 0 Å². The Balaban J connectivity index is 1.47. The molecule has 3 aromatic carbocycles. The van der Waals surface area contributed by atoms with Crippen LogP contribution in [0.4, 0.5) is 16.5 Å². The predicted octanol–water partition coefficient (Wildman–Crippen LogP) is 7.40. The van der Waals surface area contributed by atoms with Crippen molar-refractivity contribution in [2.24, 2.45) is 10.9 Å². The average molecular weight is 674 g/mol. The van der Waals surface area contributed by atoms with Crippen molar-refractivity contribution in [1.29, 1.82) is 0 Å². The van der Waals surface area contributed by atoms with E-state index in [0.717, 1.165) is 59.1 Å². The molecule has 0 saturated carbocycles. The summed E-state index contributed by atoms with van der Waals surface area (Å²) in [6.07, 6.45) is 8.89. The second-order valence-corrected chi connectivity index (χ2v) is 15.5. The Kier molecular flexibility index (Phi) is 9.79. The minimum atomic E-state index is -4.02. The van der Waals surface area contributed by atoms with E-state index in [9.17, 15) is 13.5 Å². The molecule has 0 aliphatic carbocycles. The lowest BCUT2D eigenvalue weighted by Gasteiger charge is -2.49. The number of hydrogen-bond acceptors (Lipinski definition) is 8. The Morgan fingerprint density at radius 3 is 2.53 bits per heavy atom. The SMILES string of the molecule is CCCCCCCCc1csc(N2c3ccc(S(N)(=O)=O)cc3C(N)(CC(O)c3ccc4c(c3)CCN4)C2(CC)c2ccccc2)n1. The number of aliphatic hydroxyl groups is 1. The quantitative estimate of drug-likeness (QED) is 0.103. The van der Waals surface area contributed by atoms with Gasteiger partial charge in [0.1, 0.15) is 0 Å². The summed E-state index contributed by atoms with van der Waals surface area (Å²) in [5, 5.41) is 24.0. The molecule has 6 N–H and O–H groups in total. The van der Waals surface area contributed by atoms with Gasteiger partial charge in [-0.05, 0) is 72.2 Å². The molecule has 3 unspecified atom stereocenters. The molecular weight excluding hydrogens is 627 g/mol. The number of nitrogens with one attached hydrogen (secondary N) is 1. The standard InChI is InChI=1S/C37H47N5O3S2/c1-3-5-6-7-8-12-15-29-25-46-35(41-29)42-33-19-17-30(47(39,44)45)23-31(33)36(38,37(42,4-2)28-13-10-9-11-14-28)24-34(43)27-16-18-32-26(22-27)20-21-40-32/h9-11,13-14,16-19,22-23,25,34,40,43H,3-8,12,15,20-21,24,38H2,1-2H3,(H2,39,44,45). The summed E-state index contributed by atoms with van der Waals surface area (Å²) in [7, 11) is -4.02. The fraction of sp³-hybridized carbons (Fsp3) is 0.432. The third kappa shape index (κ3) is 6.22. The monoisotopic (exact) mass is 673 g/mol. The number of hydrogen-bond donors (Lipinski definition) is 4. The molecule has 0 bridgehead atoms. The maximum Gasteiger partial charge on any atom is 0.238 e. The highest BCUT2D eigenvalue weighted by atomic mass is 32.2. The van der Waals surface area contributed by atoms with E-state index < -0.39 is 27.2 Å². The van der Waals surface area contributed by atoms with Crippen LogP contribution in [0, 0.1) is 0 Å². The summed E-state index contributed by atoms with van der Waals surface area (Å²) in [6, 6.07) is 21.1. The van der Waals surface area contributed by atoms with E-state index in [0.29, 0.717) is 12.0 Å². The molecule has 0 radical (unpaired) electrons. The van der Waals surface area contributed by atoms with E-state index >= 15 is 0 Å². The van der Waals surface area contributed by atoms with Gasteiger partial charge in [0, 0.05) is 29.7 Å². The zero-order valence-electron chi connectivity index (χ0n) is 27.4. The van der Waals surface area contributed by atoms with E-state index in [1.807, 2.05) is 30.3 Å². The fourth-order valence-corrected chi connectivity index (χ4v) is 9.23. The van der Waals surface area contributed by atoms with Crippen LogP contribution in [0.3, 0.4) is 0 Å². The van der Waals surface area contributed by atoms with E-state index in [1.165, 1.54) is 37.7 Å². The van der Waals surface area contributed by atoms with Gasteiger partial charge in [-0.15, -0.1) is 11.3 Å². The number of thiazole rings is 1. The van der Waals surface area contributed by atoms with Gasteiger partial charge >= 0.3 is 0 Å². The Morgan fingerprint density at radius 2 is 1.79 bits per heavy atom. The number of nitrogens with zero attached hydrogens (tertiary/aromatic N) is 2. The van der Waals surface area contributed by atoms with Crippen molar-refractivity contribution in [2.45, 2.75) is 100 Å². The Bertz CT molecular complexity index is 1810. The molecule has 47 heavy (non-hydrogen) atoms. The number of nitrogens with two attached hydrogens (primary N) is 2. The molecule has 2 aliphatic rings. The number of sulfonamides is 1. The number of fused-ring (bicyclic) bond motifs is 2. The second kappa shape index (κ2) is 13.7. The van der Waals surface area contributed by atoms with Gasteiger partial charge in [0.05, 0.1) is 27.8 Å². The normalized spacial score (nSPS) is 21.0. The summed E-state index contributed by atoms with van der Waals surface area (Å²) in [4.78, 5) is 7.38. The molecule has 0 amide bonds. The maximum atomic E-state index is 12.7. The summed E-state index contributed by atoms with van der Waals surface area (Å²) < 4.78 is 25.4. The molecule has 2 aliphatic heterocycles. The number of primary sulfonamides is 1. The fourth-order valence-electron chi connectivity index (χ4n) is 7.75. The first-order valence-electron chi connectivity index (χ1n) is 16.9. The van der Waals surface area contributed by atoms with Crippen LogP contribution in [0.2, 0.25) is 0 Å². The van der Waals surface area contributed by atoms with E-state index in [4.69, 9.17) is 15.9 Å². The highest BCUT2D eigenvalue weighted by Gasteiger charge is 2.61. The van der Waals surface area contributed by atoms with Gasteiger partial charge in [0.25, 0.3) is 0 Å². The van der Waals surface area contributed by atoms with Crippen LogP contribution in [-0.2, 0) is 33.9 Å². The number of aliphatic hydroxyl groups excluding tert-OH is 1. The number of benzene rings is 3. The minimum absolute atomic E-state index is 0.00742. The van der Waals surface area contributed by atoms with Crippen molar-refractivity contribution in [3.05, 3.63) is 100 Å². The van der Waals surface area contributed by atoms with Gasteiger partial charge in [-0.25, -0.2) is 18.5 Å². The summed E-state index contributed by atoms with van der Waals surface area (Å²) >= 11 is 1.58. The molecule has 8 nitrogen and oxygen atoms in total. The predicted molar refractivity (Wildman–Crippen MR) is 192 cm³/mol. The molecule has 0 spiro atoms. The van der Waals surface area contributed by atoms with Crippen LogP contribution >= 0.6 is 11.3 Å². The molecule has 3 atom stereocenters. The smallest absolute Gasteiger partial charge is 0.238 e. The summed E-state index contributed by atoms with van der Waals surface area (Å²) in [5.74, 6) is 0. The zero-order valence-corrected chi connectivity index (χ0v) is 29.0. The Labute approximate surface area is 283 Å². The van der Waals surface area contributed by atoms with Crippen molar-refractivity contribution in [3.8, 4) is 0 Å². The number of unbranched alkanes of at least 4 members (excludes halogenated alkanes) is 5. The van der Waals surface area contributed by atoms with Crippen LogP contribution in [0.1, 0.15) is 99.3 Å². The minimum Gasteiger partial charge on any atom is -0.388 e. The molecule has 4 aromatic rings. The molecule has 6 rings (SSSR count). The van der Waals surface area contributed by atoms with Crippen LogP contribution in [0.25, 0.3) is 0 Å². The summed E-state index contributed by atoms with van der Waals surface area (Å²) in [6.45, 7) is 5.21. The van der Waals surface area contributed by atoms with Crippen LogP contribution in [0.5, 0.6) is 0 Å². The molecular formula is C37H47N5O3S2. The zero-order chi connectivity index (χ0) is 33.2. The number of aromatic nitrogens is 1. The highest BCUT2D eigenvalue weighted by molar-refractivity contribution is 7.89. The molecule has 0 saturated heterocycles. The summed E-state index contributed by atoms with van der Waals surface area (Å²) in [5.41, 5.74) is 12.1. The third-order valence-electron chi connectivity index (χ3n) is 10.2. The van der Waals surface area contributed by atoms with Gasteiger partial charge < -0.3 is 21.1 Å². The first-order chi connectivity index (χ1) is 22.6. The van der Waals surface area contributed by atoms with E-state index in [-0.39, 0.29) is 11.3 Å². The highest BCUT2D eigenvalue weighted by Crippen LogP contribution is 2.62. The molecule has 250 valence electrons. The van der Waals surface area contributed by atoms with Crippen LogP contribution in [-0.4, -0.2) is 25.1 Å². The van der Waals surface area contributed by atoms with Gasteiger partial charge in [-0.3, -0.25) is 0 Å². The van der Waals surface area contributed by atoms with Gasteiger partial charge in [0.2, 0.25) is 10.0 Å². The van der Waals surface area contributed by atoms with Gasteiger partial charge in [-0.2, -0.15) is 0 Å². The molecule has 1 aromatic heterocycles. The number of anilines is 3. The van der Waals surface area contributed by atoms with Crippen molar-refractivity contribution in [1.82, 2.24) is 4.98 Å². The lowest BCUT2D eigenvalue weighted by atomic mass is 9.66. The molecule has 0 fully saturated rings. The van der Waals surface area contributed by atoms with Gasteiger partial charge in [-0.1, -0.05) is 88.4 Å². The lowest BCUT2D eigenvalue weighted by molar-refractivity contribution is 0.0965. The van der Waals surface area contributed by atoms with Crippen LogP contribution in [0.15, 0.2) is 77.0 Å². The number of rotatable bonds is 14. The van der Waals surface area contributed by atoms with E-state index in [1.54, 1.807) is 29.5 Å². The Hall–Kier alpha value is -3.28. The van der Waals surface area contributed by atoms with Crippen molar-refractivity contribution >= 4 is 37.9 Å². The average Bonchev–Trinajstić information content (AvgIpc) is 3.78. The van der Waals surface area contributed by atoms with Crippen molar-refractivity contribution < 1.29 is 13.5 Å². The topological polar surface area (TPSA) is 135 Å². The first-order valence-corrected chi connectivity index (χ1v) is 19.4. The first kappa shape index (κ1) is 33.6. The van der Waals surface area contributed by atoms with E-state index in [2.05, 4.69) is 47.6 Å². The third-order valence-corrected chi connectivity index (χ3v) is 11.9. The van der Waals surface area contributed by atoms with Crippen LogP contribution < -0.4 is 21.1 Å². The maximum absolute atomic E-state index is 12.7. The molecule has 10 heteroatoms. The lowest BCUT2D eigenvalue weighted by Crippen LogP contribution is -2.59. The second-order valence-electron chi connectivity index (χ2n) is 13.1. The molecule has 3 heterocycles. The van der Waals surface area contributed by atoms with Crippen molar-refractivity contribution in [2.75, 3.05) is 16.8 Å². The van der Waals surface area contributed by atoms with Gasteiger partial charge in [0.15, 0.2) is 5.13 Å². The largest absolute Gasteiger partial charge is 0.388 e. The Morgan fingerprint density at radius 1 is 1.02 bits per heavy atom.